The summed E-state index contributed by atoms with van der Waals surface area (Å²) in [7, 11) is 3.15. The summed E-state index contributed by atoms with van der Waals surface area (Å²) in [6.07, 6.45) is 1.45. The van der Waals surface area contributed by atoms with E-state index in [-0.39, 0.29) is 0 Å². The molecule has 0 aromatic heterocycles. The average molecular weight is 236 g/mol. The van der Waals surface area contributed by atoms with Gasteiger partial charge in [-0.3, -0.25) is 4.79 Å². The van der Waals surface area contributed by atoms with Crippen LogP contribution < -0.4 is 9.47 Å². The maximum Gasteiger partial charge on any atom is 0.210 e. The second kappa shape index (κ2) is 4.65. The summed E-state index contributed by atoms with van der Waals surface area (Å²) < 4.78 is 18.9. The predicted molar refractivity (Wildman–Crippen MR) is 64.4 cm³/mol. The first-order chi connectivity index (χ1) is 8.54. The number of rotatable bonds is 3. The second-order valence-corrected chi connectivity index (χ2v) is 4.00. The van der Waals surface area contributed by atoms with Gasteiger partial charge in [0, 0.05) is 6.54 Å². The van der Waals surface area contributed by atoms with Gasteiger partial charge in [0.2, 0.25) is 6.41 Å². The highest BCUT2D eigenvalue weighted by Gasteiger charge is 2.24. The molecule has 0 fully saturated rings. The van der Waals surface area contributed by atoms with E-state index in [0.29, 0.717) is 18.0 Å². The van der Waals surface area contributed by atoms with Crippen LogP contribution in [-0.4, -0.2) is 32.1 Å². The molecule has 1 heterocycles. The minimum atomic E-state index is -1.06. The van der Waals surface area contributed by atoms with Gasteiger partial charge in [0.05, 0.1) is 21.6 Å². The van der Waals surface area contributed by atoms with E-state index in [1.54, 1.807) is 27.2 Å². The zero-order chi connectivity index (χ0) is 13.3. The first-order valence-corrected chi connectivity index (χ1v) is 5.52. The molecule has 1 aliphatic heterocycles. The number of amides is 1. The maximum atomic E-state index is 11.0. The first-order valence-electron chi connectivity index (χ1n) is 6.02. The van der Waals surface area contributed by atoms with E-state index in [2.05, 4.69) is 0 Å². The van der Waals surface area contributed by atoms with Crippen LogP contribution in [0.25, 0.3) is 0 Å². The number of fused-ring (bicyclic) bond motifs is 1. The molecular formula is C13H17NO3. The van der Waals surface area contributed by atoms with Gasteiger partial charge in [-0.25, -0.2) is 0 Å². The summed E-state index contributed by atoms with van der Waals surface area (Å²) in [4.78, 5) is 12.5. The minimum Gasteiger partial charge on any atom is -0.493 e. The van der Waals surface area contributed by atoms with E-state index in [4.69, 9.17) is 10.8 Å². The third kappa shape index (κ3) is 1.95. The molecule has 0 radical (unpaired) electrons. The maximum absolute atomic E-state index is 11.0. The molecule has 92 valence electrons. The Labute approximate surface area is 103 Å². The number of nitrogens with zero attached hydrogens (tertiary/aromatic N) is 1. The number of hydrogen-bond acceptors (Lipinski definition) is 3. The summed E-state index contributed by atoms with van der Waals surface area (Å²) in [6, 6.07) is 2.62. The number of hydrogen-bond donors (Lipinski definition) is 0. The van der Waals surface area contributed by atoms with Gasteiger partial charge in [0.15, 0.2) is 11.5 Å². The van der Waals surface area contributed by atoms with Crippen molar-refractivity contribution in [1.29, 1.82) is 0 Å². The van der Waals surface area contributed by atoms with Crippen LogP contribution in [0.3, 0.4) is 0 Å². The third-order valence-electron chi connectivity index (χ3n) is 3.18. The van der Waals surface area contributed by atoms with Gasteiger partial charge in [-0.05, 0) is 36.6 Å². The van der Waals surface area contributed by atoms with Crippen molar-refractivity contribution in [3.63, 3.8) is 0 Å². The van der Waals surface area contributed by atoms with Crippen LogP contribution in [0.4, 0.5) is 0 Å². The molecule has 17 heavy (non-hydrogen) atoms. The molecule has 1 aromatic rings. The molecule has 0 saturated heterocycles. The molecule has 0 bridgehead atoms. The van der Waals surface area contributed by atoms with Crippen molar-refractivity contribution >= 4 is 6.41 Å². The normalized spacial score (nSPS) is 23.7. The van der Waals surface area contributed by atoms with Crippen molar-refractivity contribution < 1.29 is 15.6 Å². The van der Waals surface area contributed by atoms with E-state index < -0.39 is 6.02 Å². The van der Waals surface area contributed by atoms with Crippen molar-refractivity contribution in [2.24, 2.45) is 0 Å². The number of ether oxygens (including phenoxy) is 2. The zero-order valence-electron chi connectivity index (χ0n) is 11.3. The second-order valence-electron chi connectivity index (χ2n) is 4.00. The summed E-state index contributed by atoms with van der Waals surface area (Å²) in [5.41, 5.74) is 1.82. The van der Waals surface area contributed by atoms with E-state index in [1.807, 2.05) is 6.07 Å². The number of carbonyl (C=O) groups is 1. The Kier molecular flexibility index (Phi) is 2.86. The highest BCUT2D eigenvalue weighted by molar-refractivity contribution is 5.54. The molecule has 0 saturated carbocycles. The molecular weight excluding hydrogens is 218 g/mol. The SMILES string of the molecule is [2H][C@]1(C)c2cc(OC)c(OC)cc2CCN1C=O. The molecule has 1 atom stereocenters. The fourth-order valence-electron chi connectivity index (χ4n) is 2.16. The van der Waals surface area contributed by atoms with E-state index in [0.717, 1.165) is 24.0 Å². The standard InChI is InChI=1S/C13H17NO3/c1-9-11-7-13(17-3)12(16-2)6-10(11)4-5-14(9)8-15/h6-9H,4-5H2,1-3H3/t9-/m0/s1/i9D. The average Bonchev–Trinajstić information content (AvgIpc) is 2.37. The monoisotopic (exact) mass is 236 g/mol. The minimum absolute atomic E-state index is 0.548. The zero-order valence-corrected chi connectivity index (χ0v) is 10.3. The van der Waals surface area contributed by atoms with Crippen molar-refractivity contribution in [1.82, 2.24) is 4.90 Å². The van der Waals surface area contributed by atoms with Gasteiger partial charge in [-0.1, -0.05) is 0 Å². The molecule has 1 aromatic carbocycles. The number of methoxy groups -OCH3 is 2. The van der Waals surface area contributed by atoms with Crippen LogP contribution in [0.5, 0.6) is 11.5 Å². The molecule has 4 nitrogen and oxygen atoms in total. The quantitative estimate of drug-likeness (QED) is 0.751. The summed E-state index contributed by atoms with van der Waals surface area (Å²) in [5.74, 6) is 1.24. The lowest BCUT2D eigenvalue weighted by atomic mass is 9.93. The van der Waals surface area contributed by atoms with Gasteiger partial charge >= 0.3 is 0 Å². The van der Waals surface area contributed by atoms with Crippen molar-refractivity contribution in [3.8, 4) is 11.5 Å². The van der Waals surface area contributed by atoms with Gasteiger partial charge in [-0.2, -0.15) is 0 Å². The Morgan fingerprint density at radius 1 is 1.41 bits per heavy atom. The van der Waals surface area contributed by atoms with E-state index in [1.165, 1.54) is 4.90 Å². The fourth-order valence-corrected chi connectivity index (χ4v) is 2.16. The van der Waals surface area contributed by atoms with E-state index in [9.17, 15) is 4.79 Å². The van der Waals surface area contributed by atoms with Crippen LogP contribution in [0.1, 0.15) is 25.4 Å². The van der Waals surface area contributed by atoms with Crippen molar-refractivity contribution in [2.45, 2.75) is 19.4 Å². The Balaban J connectivity index is 2.56. The molecule has 4 heteroatoms. The van der Waals surface area contributed by atoms with Gasteiger partial charge in [0.25, 0.3) is 0 Å². The van der Waals surface area contributed by atoms with Gasteiger partial charge in [-0.15, -0.1) is 0 Å². The molecule has 1 amide bonds. The van der Waals surface area contributed by atoms with Crippen LogP contribution in [0.15, 0.2) is 12.1 Å². The number of benzene rings is 1. The Morgan fingerprint density at radius 3 is 2.65 bits per heavy atom. The van der Waals surface area contributed by atoms with Gasteiger partial charge in [0.1, 0.15) is 0 Å². The summed E-state index contributed by atoms with van der Waals surface area (Å²) >= 11 is 0. The van der Waals surface area contributed by atoms with Gasteiger partial charge < -0.3 is 14.4 Å². The van der Waals surface area contributed by atoms with Crippen LogP contribution in [-0.2, 0) is 11.2 Å². The molecule has 2 rings (SSSR count). The number of carbonyl (C=O) groups excluding carboxylic acids is 1. The lowest BCUT2D eigenvalue weighted by Gasteiger charge is -2.32. The molecule has 1 aliphatic rings. The molecule has 0 aliphatic carbocycles. The first kappa shape index (κ1) is 10.4. The Bertz CT molecular complexity index is 474. The van der Waals surface area contributed by atoms with E-state index >= 15 is 0 Å². The largest absolute Gasteiger partial charge is 0.493 e. The van der Waals surface area contributed by atoms with Crippen LogP contribution >= 0.6 is 0 Å². The smallest absolute Gasteiger partial charge is 0.210 e. The highest BCUT2D eigenvalue weighted by Crippen LogP contribution is 2.37. The summed E-state index contributed by atoms with van der Waals surface area (Å²) in [6.45, 7) is 2.26. The van der Waals surface area contributed by atoms with Crippen molar-refractivity contribution in [2.75, 3.05) is 20.8 Å². The highest BCUT2D eigenvalue weighted by atomic mass is 16.5. The van der Waals surface area contributed by atoms with Crippen LogP contribution in [0, 0.1) is 0 Å². The Morgan fingerprint density at radius 2 is 2.06 bits per heavy atom. The lowest BCUT2D eigenvalue weighted by Crippen LogP contribution is -2.32. The fraction of sp³-hybridized carbons (Fsp3) is 0.462. The topological polar surface area (TPSA) is 38.8 Å². The molecule has 0 N–H and O–H groups in total. The lowest BCUT2D eigenvalue weighted by molar-refractivity contribution is -0.120. The Hall–Kier alpha value is -1.71. The molecule has 0 spiro atoms. The third-order valence-corrected chi connectivity index (χ3v) is 3.18. The van der Waals surface area contributed by atoms with Crippen LogP contribution in [0.2, 0.25) is 0 Å². The molecule has 0 unspecified atom stereocenters. The summed E-state index contributed by atoms with van der Waals surface area (Å²) in [5, 5.41) is 0. The predicted octanol–water partition coefficient (Wildman–Crippen LogP) is 1.78. The van der Waals surface area contributed by atoms with Crippen molar-refractivity contribution in [3.05, 3.63) is 23.3 Å².